The molecule has 2 rings (SSSR count). The quantitative estimate of drug-likeness (QED) is 0.860. The predicted octanol–water partition coefficient (Wildman–Crippen LogP) is 4.68. The second-order valence-electron chi connectivity index (χ2n) is 4.05. The van der Waals surface area contributed by atoms with Gasteiger partial charge in [-0.25, -0.2) is 4.39 Å². The van der Waals surface area contributed by atoms with Gasteiger partial charge in [-0.05, 0) is 18.2 Å². The van der Waals surface area contributed by atoms with Crippen LogP contribution in [0.15, 0.2) is 48.5 Å². The summed E-state index contributed by atoms with van der Waals surface area (Å²) in [4.78, 5) is 0. The summed E-state index contributed by atoms with van der Waals surface area (Å²) in [6, 6.07) is 11.2. The lowest BCUT2D eigenvalue weighted by molar-refractivity contribution is 0.0106. The molecule has 0 spiro atoms. The number of halogens is 4. The molecule has 0 aliphatic rings. The minimum Gasteiger partial charge on any atom is -0.376 e. The highest BCUT2D eigenvalue weighted by molar-refractivity contribution is 6.30. The first-order valence-electron chi connectivity index (χ1n) is 5.61. The van der Waals surface area contributed by atoms with Crippen molar-refractivity contribution in [1.29, 1.82) is 0 Å². The van der Waals surface area contributed by atoms with Crippen LogP contribution in [-0.4, -0.2) is 6.54 Å². The van der Waals surface area contributed by atoms with Crippen LogP contribution < -0.4 is 5.32 Å². The van der Waals surface area contributed by atoms with E-state index >= 15 is 0 Å². The maximum atomic E-state index is 13.8. The third-order valence-electron chi connectivity index (χ3n) is 2.63. The fourth-order valence-electron chi connectivity index (χ4n) is 1.62. The molecular weight excluding hydrogens is 275 g/mol. The second kappa shape index (κ2) is 5.53. The Morgan fingerprint density at radius 2 is 1.74 bits per heavy atom. The lowest BCUT2D eigenvalue weighted by Crippen LogP contribution is -2.25. The van der Waals surface area contributed by atoms with Crippen LogP contribution in [0.4, 0.5) is 18.9 Å². The summed E-state index contributed by atoms with van der Waals surface area (Å²) in [6.45, 7) is -0.685. The van der Waals surface area contributed by atoms with E-state index in [-0.39, 0.29) is 16.3 Å². The molecule has 0 saturated heterocycles. The molecule has 0 aromatic heterocycles. The molecule has 0 aliphatic carbocycles. The zero-order valence-corrected chi connectivity index (χ0v) is 10.6. The fourth-order valence-corrected chi connectivity index (χ4v) is 1.78. The van der Waals surface area contributed by atoms with Crippen LogP contribution in [0.3, 0.4) is 0 Å². The Morgan fingerprint density at radius 1 is 1.05 bits per heavy atom. The molecule has 1 nitrogen and oxygen atoms in total. The van der Waals surface area contributed by atoms with Crippen LogP contribution in [0.1, 0.15) is 5.56 Å². The number of hydrogen-bond donors (Lipinski definition) is 1. The van der Waals surface area contributed by atoms with Crippen LogP contribution >= 0.6 is 11.6 Å². The summed E-state index contributed by atoms with van der Waals surface area (Å²) >= 11 is 5.59. The highest BCUT2D eigenvalue weighted by Crippen LogP contribution is 2.28. The van der Waals surface area contributed by atoms with Gasteiger partial charge < -0.3 is 5.32 Å². The van der Waals surface area contributed by atoms with Gasteiger partial charge in [0.25, 0.3) is 5.92 Å². The SMILES string of the molecule is Fc1cc(Cl)ccc1NCC(F)(F)c1ccccc1. The van der Waals surface area contributed by atoms with Crippen molar-refractivity contribution >= 4 is 17.3 Å². The number of hydrogen-bond acceptors (Lipinski definition) is 1. The molecule has 19 heavy (non-hydrogen) atoms. The summed E-state index contributed by atoms with van der Waals surface area (Å²) in [5.41, 5.74) is -0.114. The maximum absolute atomic E-state index is 13.8. The van der Waals surface area contributed by atoms with Gasteiger partial charge in [0.1, 0.15) is 5.82 Å². The minimum absolute atomic E-state index is 0.00000567. The molecule has 0 atom stereocenters. The summed E-state index contributed by atoms with van der Waals surface area (Å²) in [5.74, 6) is -3.73. The topological polar surface area (TPSA) is 12.0 Å². The molecule has 0 heterocycles. The average molecular weight is 286 g/mol. The molecule has 5 heteroatoms. The van der Waals surface area contributed by atoms with Gasteiger partial charge in [0.2, 0.25) is 0 Å². The molecule has 0 fully saturated rings. The van der Waals surface area contributed by atoms with Gasteiger partial charge in [-0.2, -0.15) is 8.78 Å². The lowest BCUT2D eigenvalue weighted by atomic mass is 10.1. The first kappa shape index (κ1) is 13.7. The molecule has 2 aromatic carbocycles. The van der Waals surface area contributed by atoms with Crippen molar-refractivity contribution in [2.24, 2.45) is 0 Å². The van der Waals surface area contributed by atoms with Gasteiger partial charge in [-0.15, -0.1) is 0 Å². The largest absolute Gasteiger partial charge is 0.376 e. The van der Waals surface area contributed by atoms with E-state index in [0.717, 1.165) is 6.07 Å². The molecular formula is C14H11ClF3N. The van der Waals surface area contributed by atoms with Crippen molar-refractivity contribution in [2.75, 3.05) is 11.9 Å². The van der Waals surface area contributed by atoms with Gasteiger partial charge in [0, 0.05) is 10.6 Å². The number of alkyl halides is 2. The number of rotatable bonds is 4. The van der Waals surface area contributed by atoms with E-state index in [1.165, 1.54) is 36.4 Å². The number of anilines is 1. The van der Waals surface area contributed by atoms with E-state index in [1.54, 1.807) is 6.07 Å². The fraction of sp³-hybridized carbons (Fsp3) is 0.143. The summed E-state index contributed by atoms with van der Waals surface area (Å²) in [7, 11) is 0. The Kier molecular flexibility index (Phi) is 4.00. The Hall–Kier alpha value is -1.68. The summed E-state index contributed by atoms with van der Waals surface area (Å²) in [6.07, 6.45) is 0. The van der Waals surface area contributed by atoms with Crippen LogP contribution in [-0.2, 0) is 5.92 Å². The zero-order valence-electron chi connectivity index (χ0n) is 9.84. The normalized spacial score (nSPS) is 11.4. The second-order valence-corrected chi connectivity index (χ2v) is 4.48. The Balaban J connectivity index is 2.09. The monoisotopic (exact) mass is 285 g/mol. The van der Waals surface area contributed by atoms with E-state index in [1.807, 2.05) is 0 Å². The molecule has 0 unspecified atom stereocenters. The molecule has 0 amide bonds. The van der Waals surface area contributed by atoms with E-state index in [4.69, 9.17) is 11.6 Å². The van der Waals surface area contributed by atoms with Crippen molar-refractivity contribution < 1.29 is 13.2 Å². The standard InChI is InChI=1S/C14H11ClF3N/c15-11-6-7-13(12(16)8-11)19-9-14(17,18)10-4-2-1-3-5-10/h1-8,19H,9H2. The molecule has 100 valence electrons. The minimum atomic E-state index is -3.08. The van der Waals surface area contributed by atoms with Gasteiger partial charge in [0.15, 0.2) is 0 Å². The van der Waals surface area contributed by atoms with Crippen molar-refractivity contribution in [3.8, 4) is 0 Å². The van der Waals surface area contributed by atoms with Gasteiger partial charge >= 0.3 is 0 Å². The first-order valence-corrected chi connectivity index (χ1v) is 5.99. The van der Waals surface area contributed by atoms with Gasteiger partial charge in [-0.3, -0.25) is 0 Å². The van der Waals surface area contributed by atoms with Crippen molar-refractivity contribution in [2.45, 2.75) is 5.92 Å². The Morgan fingerprint density at radius 3 is 2.37 bits per heavy atom. The van der Waals surface area contributed by atoms with E-state index < -0.39 is 18.3 Å². The molecule has 0 radical (unpaired) electrons. The third-order valence-corrected chi connectivity index (χ3v) is 2.86. The third kappa shape index (κ3) is 3.41. The molecule has 0 bridgehead atoms. The van der Waals surface area contributed by atoms with Crippen molar-refractivity contribution in [3.05, 3.63) is 64.9 Å². The molecule has 2 aromatic rings. The zero-order chi connectivity index (χ0) is 13.9. The smallest absolute Gasteiger partial charge is 0.290 e. The summed E-state index contributed by atoms with van der Waals surface area (Å²) < 4.78 is 41.1. The van der Waals surface area contributed by atoms with Crippen LogP contribution in [0.5, 0.6) is 0 Å². The average Bonchev–Trinajstić information content (AvgIpc) is 2.39. The van der Waals surface area contributed by atoms with E-state index in [0.29, 0.717) is 0 Å². The maximum Gasteiger partial charge on any atom is 0.290 e. The highest BCUT2D eigenvalue weighted by Gasteiger charge is 2.31. The van der Waals surface area contributed by atoms with Crippen molar-refractivity contribution in [3.63, 3.8) is 0 Å². The highest BCUT2D eigenvalue weighted by atomic mass is 35.5. The molecule has 0 aliphatic heterocycles. The van der Waals surface area contributed by atoms with Crippen molar-refractivity contribution in [1.82, 2.24) is 0 Å². The predicted molar refractivity (Wildman–Crippen MR) is 70.2 cm³/mol. The molecule has 1 N–H and O–H groups in total. The van der Waals surface area contributed by atoms with E-state index in [2.05, 4.69) is 5.32 Å². The molecule has 0 saturated carbocycles. The van der Waals surface area contributed by atoms with Crippen LogP contribution in [0.2, 0.25) is 5.02 Å². The number of nitrogens with one attached hydrogen (secondary N) is 1. The Labute approximate surface area is 114 Å². The van der Waals surface area contributed by atoms with Crippen LogP contribution in [0.25, 0.3) is 0 Å². The number of benzene rings is 2. The van der Waals surface area contributed by atoms with E-state index in [9.17, 15) is 13.2 Å². The van der Waals surface area contributed by atoms with Gasteiger partial charge in [-0.1, -0.05) is 41.9 Å². The van der Waals surface area contributed by atoms with Gasteiger partial charge in [0.05, 0.1) is 12.2 Å². The summed E-state index contributed by atoms with van der Waals surface area (Å²) in [5, 5.41) is 2.62. The Bertz CT molecular complexity index is 558. The van der Waals surface area contributed by atoms with Crippen LogP contribution in [0, 0.1) is 5.82 Å². The lowest BCUT2D eigenvalue weighted by Gasteiger charge is -2.18. The first-order chi connectivity index (χ1) is 8.99.